The molecule has 0 fully saturated rings. The van der Waals surface area contributed by atoms with E-state index in [0.29, 0.717) is 19.4 Å². The molecule has 0 aliphatic heterocycles. The minimum absolute atomic E-state index is 0.0525. The monoisotopic (exact) mass is 272 g/mol. The van der Waals surface area contributed by atoms with E-state index in [9.17, 15) is 9.59 Å². The van der Waals surface area contributed by atoms with Crippen molar-refractivity contribution in [1.29, 1.82) is 0 Å². The van der Waals surface area contributed by atoms with Crippen molar-refractivity contribution in [1.82, 2.24) is 10.2 Å². The lowest BCUT2D eigenvalue weighted by Crippen LogP contribution is -2.43. The van der Waals surface area contributed by atoms with Crippen LogP contribution in [0.15, 0.2) is 0 Å². The highest BCUT2D eigenvalue weighted by Gasteiger charge is 2.17. The summed E-state index contributed by atoms with van der Waals surface area (Å²) >= 11 is 0. The van der Waals surface area contributed by atoms with Gasteiger partial charge in [0, 0.05) is 13.0 Å². The lowest BCUT2D eigenvalue weighted by molar-refractivity contribution is -0.140. The molecule has 0 rings (SSSR count). The number of nitrogens with zero attached hydrogens (tertiary/aromatic N) is 1. The van der Waals surface area contributed by atoms with Gasteiger partial charge in [0.05, 0.1) is 13.2 Å². The van der Waals surface area contributed by atoms with Gasteiger partial charge in [0.15, 0.2) is 0 Å². The van der Waals surface area contributed by atoms with Crippen molar-refractivity contribution in [2.45, 2.75) is 52.0 Å². The first-order chi connectivity index (χ1) is 9.02. The summed E-state index contributed by atoms with van der Waals surface area (Å²) < 4.78 is 4.58. The van der Waals surface area contributed by atoms with Gasteiger partial charge < -0.3 is 10.1 Å². The molecule has 0 aromatic heterocycles. The highest BCUT2D eigenvalue weighted by atomic mass is 16.5. The number of nitrogens with one attached hydrogen (secondary N) is 1. The van der Waals surface area contributed by atoms with Gasteiger partial charge in [-0.05, 0) is 33.4 Å². The van der Waals surface area contributed by atoms with Crippen LogP contribution in [0.5, 0.6) is 0 Å². The summed E-state index contributed by atoms with van der Waals surface area (Å²) in [5.41, 5.74) is 0. The van der Waals surface area contributed by atoms with Crippen molar-refractivity contribution in [3.05, 3.63) is 0 Å². The highest BCUT2D eigenvalue weighted by Crippen LogP contribution is 2.01. The lowest BCUT2D eigenvalue weighted by Gasteiger charge is -2.23. The second-order valence-corrected chi connectivity index (χ2v) is 4.83. The van der Waals surface area contributed by atoms with Crippen molar-refractivity contribution in [2.75, 3.05) is 27.2 Å². The molecule has 0 saturated heterocycles. The number of unbranched alkanes of at least 4 members (excludes halogenated alkanes) is 2. The zero-order valence-electron chi connectivity index (χ0n) is 12.7. The van der Waals surface area contributed by atoms with Crippen LogP contribution in [-0.2, 0) is 14.3 Å². The van der Waals surface area contributed by atoms with Crippen LogP contribution in [0, 0.1) is 0 Å². The summed E-state index contributed by atoms with van der Waals surface area (Å²) in [6.45, 7) is 5.47. The zero-order chi connectivity index (χ0) is 14.7. The van der Waals surface area contributed by atoms with E-state index in [1.54, 1.807) is 0 Å². The lowest BCUT2D eigenvalue weighted by atomic mass is 10.2. The number of likely N-dealkylation sites (N-methyl/N-ethyl adjacent to an activating group) is 1. The second kappa shape index (κ2) is 10.8. The molecule has 5 nitrogen and oxygen atoms in total. The van der Waals surface area contributed by atoms with Crippen LogP contribution < -0.4 is 5.32 Å². The number of rotatable bonds is 10. The Balaban J connectivity index is 3.80. The van der Waals surface area contributed by atoms with E-state index in [2.05, 4.69) is 17.0 Å². The van der Waals surface area contributed by atoms with Crippen LogP contribution in [0.4, 0.5) is 0 Å². The van der Waals surface area contributed by atoms with E-state index in [1.165, 1.54) is 7.11 Å². The number of methoxy groups -OCH3 is 1. The number of amides is 1. The molecular formula is C14H28N2O3. The van der Waals surface area contributed by atoms with Gasteiger partial charge in [-0.25, -0.2) is 0 Å². The fraction of sp³-hybridized carbons (Fsp3) is 0.857. The Bertz CT molecular complexity index is 269. The smallest absolute Gasteiger partial charge is 0.305 e. The Morgan fingerprint density at radius 3 is 2.53 bits per heavy atom. The maximum absolute atomic E-state index is 11.9. The third-order valence-corrected chi connectivity index (χ3v) is 3.24. The average molecular weight is 272 g/mol. The van der Waals surface area contributed by atoms with E-state index in [0.717, 1.165) is 25.8 Å². The molecule has 1 atom stereocenters. The quantitative estimate of drug-likeness (QED) is 0.484. The van der Waals surface area contributed by atoms with Crippen molar-refractivity contribution in [3.8, 4) is 0 Å². The molecule has 0 radical (unpaired) electrons. The topological polar surface area (TPSA) is 58.6 Å². The molecule has 0 heterocycles. The van der Waals surface area contributed by atoms with Gasteiger partial charge in [0.2, 0.25) is 5.91 Å². The normalized spacial score (nSPS) is 12.3. The fourth-order valence-electron chi connectivity index (χ4n) is 1.70. The van der Waals surface area contributed by atoms with Gasteiger partial charge in [-0.15, -0.1) is 0 Å². The SMILES string of the molecule is CCCCCNC(=O)C(C)N(C)CCCC(=O)OC. The molecule has 5 heteroatoms. The van der Waals surface area contributed by atoms with Crippen LogP contribution in [0.25, 0.3) is 0 Å². The van der Waals surface area contributed by atoms with Gasteiger partial charge in [-0.2, -0.15) is 0 Å². The summed E-state index contributed by atoms with van der Waals surface area (Å²) in [6.07, 6.45) is 4.42. The molecule has 1 amide bonds. The Morgan fingerprint density at radius 1 is 1.26 bits per heavy atom. The van der Waals surface area contributed by atoms with Crippen LogP contribution in [0.3, 0.4) is 0 Å². The average Bonchev–Trinajstić information content (AvgIpc) is 2.42. The third kappa shape index (κ3) is 8.59. The number of hydrogen-bond acceptors (Lipinski definition) is 4. The molecule has 0 saturated carbocycles. The van der Waals surface area contributed by atoms with Crippen LogP contribution in [0.2, 0.25) is 0 Å². The van der Waals surface area contributed by atoms with Crippen LogP contribution in [-0.4, -0.2) is 50.1 Å². The van der Waals surface area contributed by atoms with Gasteiger partial charge in [-0.1, -0.05) is 19.8 Å². The first kappa shape index (κ1) is 17.9. The Kier molecular flexibility index (Phi) is 10.2. The molecule has 0 aromatic rings. The molecule has 0 bridgehead atoms. The molecule has 1 N–H and O–H groups in total. The molecule has 0 aliphatic carbocycles. The van der Waals surface area contributed by atoms with Crippen LogP contribution in [0.1, 0.15) is 46.0 Å². The summed E-state index contributed by atoms with van der Waals surface area (Å²) in [6, 6.07) is -0.167. The van der Waals surface area contributed by atoms with Gasteiger partial charge in [0.25, 0.3) is 0 Å². The third-order valence-electron chi connectivity index (χ3n) is 3.24. The fourth-order valence-corrected chi connectivity index (χ4v) is 1.70. The first-order valence-electron chi connectivity index (χ1n) is 7.07. The summed E-state index contributed by atoms with van der Waals surface area (Å²) in [5, 5.41) is 2.94. The zero-order valence-corrected chi connectivity index (χ0v) is 12.7. The van der Waals surface area contributed by atoms with E-state index >= 15 is 0 Å². The summed E-state index contributed by atoms with van der Waals surface area (Å²) in [4.78, 5) is 24.8. The van der Waals surface area contributed by atoms with E-state index in [-0.39, 0.29) is 17.9 Å². The number of carbonyl (C=O) groups excluding carboxylic acids is 2. The first-order valence-corrected chi connectivity index (χ1v) is 7.07. The maximum Gasteiger partial charge on any atom is 0.305 e. The number of carbonyl (C=O) groups is 2. The molecular weight excluding hydrogens is 244 g/mol. The Hall–Kier alpha value is -1.10. The standard InChI is InChI=1S/C14H28N2O3/c1-5-6-7-10-15-14(18)12(2)16(3)11-8-9-13(17)19-4/h12H,5-11H2,1-4H3,(H,15,18). The Labute approximate surface area is 116 Å². The second-order valence-electron chi connectivity index (χ2n) is 4.83. The van der Waals surface area contributed by atoms with Crippen molar-refractivity contribution >= 4 is 11.9 Å². The predicted molar refractivity (Wildman–Crippen MR) is 75.9 cm³/mol. The highest BCUT2D eigenvalue weighted by molar-refractivity contribution is 5.81. The largest absolute Gasteiger partial charge is 0.469 e. The van der Waals surface area contributed by atoms with E-state index < -0.39 is 0 Å². The van der Waals surface area contributed by atoms with Gasteiger partial charge in [0.1, 0.15) is 0 Å². The number of esters is 1. The molecule has 0 spiro atoms. The van der Waals surface area contributed by atoms with Gasteiger partial charge in [-0.3, -0.25) is 14.5 Å². The minimum Gasteiger partial charge on any atom is -0.469 e. The molecule has 1 unspecified atom stereocenters. The van der Waals surface area contributed by atoms with Crippen molar-refractivity contribution in [2.24, 2.45) is 0 Å². The van der Waals surface area contributed by atoms with Crippen molar-refractivity contribution in [3.63, 3.8) is 0 Å². The van der Waals surface area contributed by atoms with Crippen LogP contribution >= 0.6 is 0 Å². The molecule has 19 heavy (non-hydrogen) atoms. The molecule has 112 valence electrons. The molecule has 0 aliphatic rings. The van der Waals surface area contributed by atoms with E-state index in [4.69, 9.17) is 0 Å². The van der Waals surface area contributed by atoms with E-state index in [1.807, 2.05) is 18.9 Å². The maximum atomic E-state index is 11.9. The number of ether oxygens (including phenoxy) is 1. The molecule has 0 aromatic carbocycles. The summed E-state index contributed by atoms with van der Waals surface area (Å²) in [7, 11) is 3.28. The predicted octanol–water partition coefficient (Wildman–Crippen LogP) is 1.57. The van der Waals surface area contributed by atoms with Crippen molar-refractivity contribution < 1.29 is 14.3 Å². The summed E-state index contributed by atoms with van der Waals surface area (Å²) in [5.74, 6) is -0.151. The Morgan fingerprint density at radius 2 is 1.95 bits per heavy atom. The minimum atomic E-state index is -0.204. The number of hydrogen-bond donors (Lipinski definition) is 1. The van der Waals surface area contributed by atoms with Gasteiger partial charge >= 0.3 is 5.97 Å².